The van der Waals surface area contributed by atoms with E-state index in [2.05, 4.69) is 15.3 Å². The molecule has 1 N–H and O–H groups in total. The van der Waals surface area contributed by atoms with Gasteiger partial charge in [-0.1, -0.05) is 18.3 Å². The highest BCUT2D eigenvalue weighted by atomic mass is 32.1. The van der Waals surface area contributed by atoms with Crippen molar-refractivity contribution in [1.82, 2.24) is 9.97 Å². The van der Waals surface area contributed by atoms with Crippen molar-refractivity contribution in [3.05, 3.63) is 17.3 Å². The summed E-state index contributed by atoms with van der Waals surface area (Å²) in [5.41, 5.74) is 2.83. The summed E-state index contributed by atoms with van der Waals surface area (Å²) in [6.07, 6.45) is 1.37. The number of fused-ring (bicyclic) bond motifs is 1. The first-order chi connectivity index (χ1) is 8.10. The second-order valence-electron chi connectivity index (χ2n) is 4.05. The SMILES string of the molecule is CCCC(=O)Nc1nc2nc(C)cc(C)c2s1. The van der Waals surface area contributed by atoms with Gasteiger partial charge in [-0.2, -0.15) is 4.98 Å². The zero-order chi connectivity index (χ0) is 12.4. The lowest BCUT2D eigenvalue weighted by Crippen LogP contribution is -2.10. The monoisotopic (exact) mass is 249 g/mol. The Hall–Kier alpha value is -1.49. The van der Waals surface area contributed by atoms with Crippen LogP contribution in [0.3, 0.4) is 0 Å². The summed E-state index contributed by atoms with van der Waals surface area (Å²) in [5.74, 6) is 0.0148. The molecule has 2 heterocycles. The largest absolute Gasteiger partial charge is 0.302 e. The van der Waals surface area contributed by atoms with Crippen molar-refractivity contribution in [1.29, 1.82) is 0 Å². The number of aromatic nitrogens is 2. The van der Waals surface area contributed by atoms with E-state index < -0.39 is 0 Å². The Bertz CT molecular complexity index is 562. The van der Waals surface area contributed by atoms with Gasteiger partial charge in [-0.15, -0.1) is 0 Å². The van der Waals surface area contributed by atoms with Gasteiger partial charge in [0, 0.05) is 12.1 Å². The number of amides is 1. The Labute approximate surface area is 104 Å². The molecule has 0 aliphatic rings. The van der Waals surface area contributed by atoms with Crippen LogP contribution in [-0.2, 0) is 4.79 Å². The fraction of sp³-hybridized carbons (Fsp3) is 0.417. The number of nitrogens with zero attached hydrogens (tertiary/aromatic N) is 2. The van der Waals surface area contributed by atoms with Crippen LogP contribution in [0.1, 0.15) is 31.0 Å². The topological polar surface area (TPSA) is 54.9 Å². The molecule has 90 valence electrons. The number of carbonyl (C=O) groups excluding carboxylic acids is 1. The number of rotatable bonds is 3. The van der Waals surface area contributed by atoms with Gasteiger partial charge in [0.05, 0.1) is 4.70 Å². The lowest BCUT2D eigenvalue weighted by Gasteiger charge is -1.97. The van der Waals surface area contributed by atoms with E-state index in [0.29, 0.717) is 11.6 Å². The van der Waals surface area contributed by atoms with Gasteiger partial charge >= 0.3 is 0 Å². The molecular weight excluding hydrogens is 234 g/mol. The third-order valence-electron chi connectivity index (χ3n) is 2.40. The second-order valence-corrected chi connectivity index (χ2v) is 5.05. The Kier molecular flexibility index (Phi) is 3.38. The molecule has 0 fully saturated rings. The average Bonchev–Trinajstić information content (AvgIpc) is 2.60. The molecule has 2 aromatic rings. The molecule has 0 aromatic carbocycles. The van der Waals surface area contributed by atoms with Crippen LogP contribution in [0.2, 0.25) is 0 Å². The van der Waals surface area contributed by atoms with Crippen LogP contribution in [-0.4, -0.2) is 15.9 Å². The number of anilines is 1. The normalized spacial score (nSPS) is 10.8. The summed E-state index contributed by atoms with van der Waals surface area (Å²) < 4.78 is 1.04. The third kappa shape index (κ3) is 2.61. The summed E-state index contributed by atoms with van der Waals surface area (Å²) in [5, 5.41) is 3.45. The van der Waals surface area contributed by atoms with E-state index in [1.54, 1.807) is 0 Å². The number of hydrogen-bond acceptors (Lipinski definition) is 4. The quantitative estimate of drug-likeness (QED) is 0.909. The van der Waals surface area contributed by atoms with E-state index in [0.717, 1.165) is 28.0 Å². The van der Waals surface area contributed by atoms with Crippen LogP contribution in [0, 0.1) is 13.8 Å². The maximum absolute atomic E-state index is 11.5. The Morgan fingerprint density at radius 3 is 2.88 bits per heavy atom. The maximum atomic E-state index is 11.5. The zero-order valence-corrected chi connectivity index (χ0v) is 11.0. The summed E-state index contributed by atoms with van der Waals surface area (Å²) >= 11 is 1.48. The van der Waals surface area contributed by atoms with Gasteiger partial charge in [-0.3, -0.25) is 4.79 Å². The van der Waals surface area contributed by atoms with Crippen LogP contribution < -0.4 is 5.32 Å². The molecule has 5 heteroatoms. The van der Waals surface area contributed by atoms with Crippen molar-refractivity contribution in [2.45, 2.75) is 33.6 Å². The molecule has 0 radical (unpaired) electrons. The molecule has 0 unspecified atom stereocenters. The lowest BCUT2D eigenvalue weighted by atomic mass is 10.2. The Morgan fingerprint density at radius 1 is 1.41 bits per heavy atom. The minimum absolute atomic E-state index is 0.0148. The fourth-order valence-electron chi connectivity index (χ4n) is 1.69. The van der Waals surface area contributed by atoms with Crippen molar-refractivity contribution in [3.63, 3.8) is 0 Å². The molecule has 0 aliphatic carbocycles. The zero-order valence-electron chi connectivity index (χ0n) is 10.2. The lowest BCUT2D eigenvalue weighted by molar-refractivity contribution is -0.116. The highest BCUT2D eigenvalue weighted by Crippen LogP contribution is 2.27. The predicted octanol–water partition coefficient (Wildman–Crippen LogP) is 3.05. The van der Waals surface area contributed by atoms with Crippen molar-refractivity contribution >= 4 is 32.7 Å². The summed E-state index contributed by atoms with van der Waals surface area (Å²) in [6, 6.07) is 2.03. The molecule has 4 nitrogen and oxygen atoms in total. The van der Waals surface area contributed by atoms with Crippen LogP contribution >= 0.6 is 11.3 Å². The van der Waals surface area contributed by atoms with Gasteiger partial charge in [-0.05, 0) is 31.9 Å². The minimum atomic E-state index is 0.0148. The van der Waals surface area contributed by atoms with Gasteiger partial charge in [0.2, 0.25) is 5.91 Å². The molecule has 1 amide bonds. The molecular formula is C12H15N3OS. The van der Waals surface area contributed by atoms with Gasteiger partial charge in [0.25, 0.3) is 0 Å². The van der Waals surface area contributed by atoms with Crippen molar-refractivity contribution in [2.75, 3.05) is 5.32 Å². The molecule has 17 heavy (non-hydrogen) atoms. The molecule has 0 bridgehead atoms. The number of aryl methyl sites for hydroxylation is 2. The Balaban J connectivity index is 2.32. The molecule has 0 atom stereocenters. The number of nitrogens with one attached hydrogen (secondary N) is 1. The highest BCUT2D eigenvalue weighted by molar-refractivity contribution is 7.22. The van der Waals surface area contributed by atoms with Crippen LogP contribution in [0.25, 0.3) is 10.3 Å². The van der Waals surface area contributed by atoms with Crippen LogP contribution in [0.5, 0.6) is 0 Å². The number of carbonyl (C=O) groups is 1. The van der Waals surface area contributed by atoms with Gasteiger partial charge in [0.15, 0.2) is 10.8 Å². The summed E-state index contributed by atoms with van der Waals surface area (Å²) in [6.45, 7) is 5.96. The number of hydrogen-bond donors (Lipinski definition) is 1. The minimum Gasteiger partial charge on any atom is -0.302 e. The molecule has 2 rings (SSSR count). The van der Waals surface area contributed by atoms with Crippen LogP contribution in [0.15, 0.2) is 6.07 Å². The summed E-state index contributed by atoms with van der Waals surface area (Å²) in [4.78, 5) is 20.2. The first-order valence-corrected chi connectivity index (χ1v) is 6.46. The number of thiazole rings is 1. The van der Waals surface area contributed by atoms with E-state index in [-0.39, 0.29) is 5.91 Å². The molecule has 2 aromatic heterocycles. The standard InChI is InChI=1S/C12H15N3OS/c1-4-5-9(16)14-12-15-11-10(17-12)7(2)6-8(3)13-11/h6H,4-5H2,1-3H3,(H,13,14,15,16). The van der Waals surface area contributed by atoms with Crippen LogP contribution in [0.4, 0.5) is 5.13 Å². The molecule has 0 aliphatic heterocycles. The van der Waals surface area contributed by atoms with Gasteiger partial charge in [-0.25, -0.2) is 4.98 Å². The average molecular weight is 249 g/mol. The van der Waals surface area contributed by atoms with Crippen molar-refractivity contribution in [3.8, 4) is 0 Å². The fourth-order valence-corrected chi connectivity index (χ4v) is 2.58. The van der Waals surface area contributed by atoms with Crippen molar-refractivity contribution in [2.24, 2.45) is 0 Å². The highest BCUT2D eigenvalue weighted by Gasteiger charge is 2.10. The van der Waals surface area contributed by atoms with E-state index in [9.17, 15) is 4.79 Å². The smallest absolute Gasteiger partial charge is 0.226 e. The van der Waals surface area contributed by atoms with Crippen molar-refractivity contribution < 1.29 is 4.79 Å². The second kappa shape index (κ2) is 4.79. The first-order valence-electron chi connectivity index (χ1n) is 5.64. The predicted molar refractivity (Wildman–Crippen MR) is 70.4 cm³/mol. The maximum Gasteiger partial charge on any atom is 0.226 e. The van der Waals surface area contributed by atoms with Gasteiger partial charge < -0.3 is 5.32 Å². The summed E-state index contributed by atoms with van der Waals surface area (Å²) in [7, 11) is 0. The van der Waals surface area contributed by atoms with Gasteiger partial charge in [0.1, 0.15) is 0 Å². The first kappa shape index (κ1) is 12.0. The van der Waals surface area contributed by atoms with E-state index in [1.165, 1.54) is 11.3 Å². The molecule has 0 saturated carbocycles. The van der Waals surface area contributed by atoms with E-state index in [1.807, 2.05) is 26.8 Å². The molecule has 0 saturated heterocycles. The third-order valence-corrected chi connectivity index (χ3v) is 3.49. The van der Waals surface area contributed by atoms with E-state index in [4.69, 9.17) is 0 Å². The molecule has 0 spiro atoms. The van der Waals surface area contributed by atoms with E-state index >= 15 is 0 Å². The Morgan fingerprint density at radius 2 is 2.18 bits per heavy atom. The number of pyridine rings is 1.